The summed E-state index contributed by atoms with van der Waals surface area (Å²) in [5.41, 5.74) is 0. The van der Waals surface area contributed by atoms with E-state index in [-0.39, 0.29) is 29.7 Å². The number of ether oxygens (including phenoxy) is 1. The Hall–Kier alpha value is -1.32. The van der Waals surface area contributed by atoms with Crippen LogP contribution >= 0.6 is 0 Å². The van der Waals surface area contributed by atoms with Crippen LogP contribution in [0.15, 0.2) is 12.7 Å². The first kappa shape index (κ1) is 14.7. The minimum atomic E-state index is -0.506. The number of allylic oxidation sites excluding steroid dienone is 1. The van der Waals surface area contributed by atoms with E-state index in [1.165, 1.54) is 4.90 Å². The first-order valence-electron chi connectivity index (χ1n) is 6.50. The summed E-state index contributed by atoms with van der Waals surface area (Å²) in [5, 5.41) is 0. The molecule has 4 heteroatoms. The zero-order valence-electron chi connectivity index (χ0n) is 11.7. The van der Waals surface area contributed by atoms with Gasteiger partial charge in [-0.2, -0.15) is 0 Å². The number of carbonyl (C=O) groups excluding carboxylic acids is 2. The molecular weight excluding hydrogens is 230 g/mol. The second-order valence-electron chi connectivity index (χ2n) is 5.47. The van der Waals surface area contributed by atoms with Crippen molar-refractivity contribution in [2.45, 2.75) is 40.2 Å². The molecule has 4 nitrogen and oxygen atoms in total. The second-order valence-corrected chi connectivity index (χ2v) is 5.47. The van der Waals surface area contributed by atoms with E-state index in [0.29, 0.717) is 13.0 Å². The summed E-state index contributed by atoms with van der Waals surface area (Å²) in [7, 11) is 0. The van der Waals surface area contributed by atoms with Crippen LogP contribution in [0.2, 0.25) is 0 Å². The van der Waals surface area contributed by atoms with Gasteiger partial charge in [0, 0.05) is 5.92 Å². The molecule has 0 aromatic heterocycles. The monoisotopic (exact) mass is 253 g/mol. The molecule has 1 aliphatic heterocycles. The summed E-state index contributed by atoms with van der Waals surface area (Å²) in [5.74, 6) is 0.0501. The maximum absolute atomic E-state index is 12.5. The van der Waals surface area contributed by atoms with E-state index in [9.17, 15) is 9.59 Å². The minimum Gasteiger partial charge on any atom is -0.447 e. The molecule has 0 aromatic carbocycles. The summed E-state index contributed by atoms with van der Waals surface area (Å²) in [6.07, 6.45) is 1.81. The van der Waals surface area contributed by atoms with Crippen LogP contribution in [-0.4, -0.2) is 29.5 Å². The third-order valence-corrected chi connectivity index (χ3v) is 3.46. The van der Waals surface area contributed by atoms with Crippen molar-refractivity contribution in [1.29, 1.82) is 0 Å². The minimum absolute atomic E-state index is 0.133. The van der Waals surface area contributed by atoms with Crippen molar-refractivity contribution in [2.24, 2.45) is 17.8 Å². The molecule has 0 saturated carbocycles. The lowest BCUT2D eigenvalue weighted by atomic mass is 9.90. The first-order chi connectivity index (χ1) is 8.40. The largest absolute Gasteiger partial charge is 0.447 e. The van der Waals surface area contributed by atoms with Gasteiger partial charge >= 0.3 is 6.09 Å². The highest BCUT2D eigenvalue weighted by Crippen LogP contribution is 2.26. The van der Waals surface area contributed by atoms with Gasteiger partial charge in [-0.1, -0.05) is 33.8 Å². The van der Waals surface area contributed by atoms with Gasteiger partial charge in [0.05, 0.1) is 6.04 Å². The molecule has 0 aliphatic carbocycles. The molecular formula is C14H23NO3. The average Bonchev–Trinajstić information content (AvgIpc) is 2.66. The lowest BCUT2D eigenvalue weighted by Crippen LogP contribution is -2.45. The van der Waals surface area contributed by atoms with Crippen LogP contribution < -0.4 is 0 Å². The Kier molecular flexibility index (Phi) is 4.93. The Morgan fingerprint density at radius 1 is 1.50 bits per heavy atom. The lowest BCUT2D eigenvalue weighted by molar-refractivity contribution is -0.135. The zero-order chi connectivity index (χ0) is 13.9. The fraction of sp³-hybridized carbons (Fsp3) is 0.714. The number of hydrogen-bond donors (Lipinski definition) is 0. The highest BCUT2D eigenvalue weighted by molar-refractivity contribution is 5.95. The van der Waals surface area contributed by atoms with Crippen LogP contribution in [0.3, 0.4) is 0 Å². The fourth-order valence-corrected chi connectivity index (χ4v) is 2.20. The number of cyclic esters (lactones) is 1. The number of rotatable bonds is 5. The molecule has 0 unspecified atom stereocenters. The predicted molar refractivity (Wildman–Crippen MR) is 70.0 cm³/mol. The fourth-order valence-electron chi connectivity index (χ4n) is 2.20. The quantitative estimate of drug-likeness (QED) is 0.708. The summed E-state index contributed by atoms with van der Waals surface area (Å²) >= 11 is 0. The Balaban J connectivity index is 2.91. The van der Waals surface area contributed by atoms with Crippen LogP contribution in [0.25, 0.3) is 0 Å². The van der Waals surface area contributed by atoms with Gasteiger partial charge in [0.2, 0.25) is 5.91 Å². The van der Waals surface area contributed by atoms with E-state index in [0.717, 1.165) is 0 Å². The SMILES string of the molecule is C=CC[C@@H](C(=O)N1C(=O)OC[C@@H]1C(C)C)C(C)C. The molecule has 1 rings (SSSR count). The first-order valence-corrected chi connectivity index (χ1v) is 6.50. The normalized spacial score (nSPS) is 21.3. The third-order valence-electron chi connectivity index (χ3n) is 3.46. The number of imide groups is 1. The topological polar surface area (TPSA) is 46.6 Å². The van der Waals surface area contributed by atoms with Crippen LogP contribution in [0.5, 0.6) is 0 Å². The van der Waals surface area contributed by atoms with Gasteiger partial charge in [0.15, 0.2) is 0 Å². The van der Waals surface area contributed by atoms with E-state index >= 15 is 0 Å². The lowest BCUT2D eigenvalue weighted by Gasteiger charge is -2.28. The van der Waals surface area contributed by atoms with E-state index in [1.807, 2.05) is 27.7 Å². The molecule has 1 saturated heterocycles. The molecule has 0 spiro atoms. The molecule has 2 amide bonds. The standard InChI is InChI=1S/C14H23NO3/c1-6-7-11(9(2)3)13(16)15-12(10(4)5)8-18-14(15)17/h6,9-12H,1,7-8H2,2-5H3/t11-,12-/m1/s1. The smallest absolute Gasteiger partial charge is 0.416 e. The molecule has 0 bridgehead atoms. The molecule has 18 heavy (non-hydrogen) atoms. The van der Waals surface area contributed by atoms with E-state index in [1.54, 1.807) is 6.08 Å². The van der Waals surface area contributed by atoms with Crippen molar-refractivity contribution >= 4 is 12.0 Å². The number of amides is 2. The van der Waals surface area contributed by atoms with Crippen molar-refractivity contribution in [2.75, 3.05) is 6.61 Å². The van der Waals surface area contributed by atoms with Gasteiger partial charge < -0.3 is 4.74 Å². The number of carbonyl (C=O) groups is 2. The summed E-state index contributed by atoms with van der Waals surface area (Å²) in [6.45, 7) is 11.9. The Morgan fingerprint density at radius 2 is 2.11 bits per heavy atom. The molecule has 0 radical (unpaired) electrons. The molecule has 1 aliphatic rings. The summed E-state index contributed by atoms with van der Waals surface area (Å²) < 4.78 is 5.01. The van der Waals surface area contributed by atoms with Crippen LogP contribution in [0, 0.1) is 17.8 Å². The molecule has 0 aromatic rings. The van der Waals surface area contributed by atoms with Crippen molar-refractivity contribution in [3.63, 3.8) is 0 Å². The van der Waals surface area contributed by atoms with Crippen molar-refractivity contribution in [1.82, 2.24) is 4.90 Å². The maximum atomic E-state index is 12.5. The van der Waals surface area contributed by atoms with Crippen molar-refractivity contribution in [3.05, 3.63) is 12.7 Å². The zero-order valence-corrected chi connectivity index (χ0v) is 11.7. The van der Waals surface area contributed by atoms with Gasteiger partial charge in [-0.3, -0.25) is 4.79 Å². The number of hydrogen-bond acceptors (Lipinski definition) is 3. The van der Waals surface area contributed by atoms with Gasteiger partial charge in [-0.15, -0.1) is 6.58 Å². The summed E-state index contributed by atoms with van der Waals surface area (Å²) in [4.78, 5) is 25.5. The van der Waals surface area contributed by atoms with Crippen LogP contribution in [0.1, 0.15) is 34.1 Å². The molecule has 0 N–H and O–H groups in total. The maximum Gasteiger partial charge on any atom is 0.416 e. The van der Waals surface area contributed by atoms with Gasteiger partial charge in [0.1, 0.15) is 6.61 Å². The Bertz CT molecular complexity index is 336. The van der Waals surface area contributed by atoms with Gasteiger partial charge in [-0.05, 0) is 18.3 Å². The van der Waals surface area contributed by atoms with E-state index < -0.39 is 6.09 Å². The molecule has 2 atom stereocenters. The number of nitrogens with zero attached hydrogens (tertiary/aromatic N) is 1. The molecule has 1 fully saturated rings. The van der Waals surface area contributed by atoms with Crippen molar-refractivity contribution < 1.29 is 14.3 Å². The second kappa shape index (κ2) is 6.03. The van der Waals surface area contributed by atoms with E-state index in [2.05, 4.69) is 6.58 Å². The van der Waals surface area contributed by atoms with Gasteiger partial charge in [0.25, 0.3) is 0 Å². The van der Waals surface area contributed by atoms with E-state index in [4.69, 9.17) is 4.74 Å². The molecule has 1 heterocycles. The Morgan fingerprint density at radius 3 is 2.56 bits per heavy atom. The average molecular weight is 253 g/mol. The van der Waals surface area contributed by atoms with Crippen molar-refractivity contribution in [3.8, 4) is 0 Å². The highest BCUT2D eigenvalue weighted by Gasteiger charge is 2.42. The van der Waals surface area contributed by atoms with Crippen LogP contribution in [-0.2, 0) is 9.53 Å². The summed E-state index contributed by atoms with van der Waals surface area (Å²) in [6, 6.07) is -0.143. The molecule has 102 valence electrons. The van der Waals surface area contributed by atoms with Gasteiger partial charge in [-0.25, -0.2) is 9.69 Å². The highest BCUT2D eigenvalue weighted by atomic mass is 16.6. The van der Waals surface area contributed by atoms with Crippen LogP contribution in [0.4, 0.5) is 4.79 Å². The third kappa shape index (κ3) is 2.92. The predicted octanol–water partition coefficient (Wildman–Crippen LogP) is 2.84. The Labute approximate surface area is 109 Å².